The van der Waals surface area contributed by atoms with Crippen LogP contribution in [0.3, 0.4) is 0 Å². The number of hydrogen-bond acceptors (Lipinski definition) is 5. The Morgan fingerprint density at radius 1 is 1.17 bits per heavy atom. The van der Waals surface area contributed by atoms with Gasteiger partial charge in [0.25, 0.3) is 11.8 Å². The molecule has 18 heavy (non-hydrogen) atoms. The predicted molar refractivity (Wildman–Crippen MR) is 75.4 cm³/mol. The molecule has 0 bridgehead atoms. The van der Waals surface area contributed by atoms with E-state index in [1.807, 2.05) is 0 Å². The summed E-state index contributed by atoms with van der Waals surface area (Å²) in [5.41, 5.74) is 1.92. The van der Waals surface area contributed by atoms with Crippen LogP contribution in [0.5, 0.6) is 11.8 Å². The molecule has 7 heteroatoms. The fraction of sp³-hybridized carbons (Fsp3) is 0.273. The first-order chi connectivity index (χ1) is 8.62. The molecule has 0 saturated heterocycles. The van der Waals surface area contributed by atoms with Crippen LogP contribution in [0.4, 0.5) is 0 Å². The van der Waals surface area contributed by atoms with Crippen LogP contribution in [0.2, 0.25) is 10.0 Å². The van der Waals surface area contributed by atoms with E-state index in [1.54, 1.807) is 6.07 Å². The SMILES string of the molecule is COc1nc2cc(Cl)c(Cl)c(CS)c2nc1OC. The molecule has 2 rings (SSSR count). The Kier molecular flexibility index (Phi) is 4.04. The molecule has 0 aliphatic heterocycles. The van der Waals surface area contributed by atoms with Crippen LogP contribution in [-0.2, 0) is 5.75 Å². The van der Waals surface area contributed by atoms with Gasteiger partial charge in [-0.2, -0.15) is 12.6 Å². The van der Waals surface area contributed by atoms with Crippen molar-refractivity contribution in [2.75, 3.05) is 14.2 Å². The molecule has 96 valence electrons. The Hall–Kier alpha value is -0.910. The highest BCUT2D eigenvalue weighted by Crippen LogP contribution is 2.35. The quantitative estimate of drug-likeness (QED) is 0.883. The molecule has 0 spiro atoms. The van der Waals surface area contributed by atoms with Crippen LogP contribution in [0, 0.1) is 0 Å². The molecule has 0 fully saturated rings. The third kappa shape index (κ3) is 2.18. The van der Waals surface area contributed by atoms with Crippen LogP contribution in [0.1, 0.15) is 5.56 Å². The summed E-state index contributed by atoms with van der Waals surface area (Å²) >= 11 is 16.4. The van der Waals surface area contributed by atoms with Crippen molar-refractivity contribution in [3.63, 3.8) is 0 Å². The Morgan fingerprint density at radius 3 is 2.33 bits per heavy atom. The topological polar surface area (TPSA) is 44.2 Å². The number of aromatic nitrogens is 2. The van der Waals surface area contributed by atoms with Gasteiger partial charge in [0, 0.05) is 11.3 Å². The van der Waals surface area contributed by atoms with E-state index in [1.165, 1.54) is 14.2 Å². The molecular formula is C11H10Cl2N2O2S. The van der Waals surface area contributed by atoms with E-state index in [-0.39, 0.29) is 0 Å². The largest absolute Gasteiger partial charge is 0.477 e. The number of ether oxygens (including phenoxy) is 2. The molecule has 0 N–H and O–H groups in total. The van der Waals surface area contributed by atoms with Crippen LogP contribution in [-0.4, -0.2) is 24.2 Å². The lowest BCUT2D eigenvalue weighted by Crippen LogP contribution is -1.99. The standard InChI is InChI=1S/C11H10Cl2N2O2S/c1-16-10-11(17-2)15-9-5(4-18)8(13)6(12)3-7(9)14-10/h3,18H,4H2,1-2H3. The fourth-order valence-electron chi connectivity index (χ4n) is 1.58. The summed E-state index contributed by atoms with van der Waals surface area (Å²) in [6.45, 7) is 0. The normalized spacial score (nSPS) is 10.7. The van der Waals surface area contributed by atoms with E-state index in [4.69, 9.17) is 32.7 Å². The van der Waals surface area contributed by atoms with Crippen molar-refractivity contribution < 1.29 is 9.47 Å². The van der Waals surface area contributed by atoms with E-state index in [2.05, 4.69) is 22.6 Å². The molecule has 1 aromatic carbocycles. The first-order valence-electron chi connectivity index (χ1n) is 4.99. The van der Waals surface area contributed by atoms with Crippen molar-refractivity contribution in [1.82, 2.24) is 9.97 Å². The van der Waals surface area contributed by atoms with Crippen molar-refractivity contribution in [3.05, 3.63) is 21.7 Å². The van der Waals surface area contributed by atoms with E-state index < -0.39 is 0 Å². The minimum absolute atomic E-state index is 0.298. The lowest BCUT2D eigenvalue weighted by atomic mass is 10.2. The van der Waals surface area contributed by atoms with Gasteiger partial charge in [0.2, 0.25) is 0 Å². The first-order valence-corrected chi connectivity index (χ1v) is 6.38. The molecule has 0 unspecified atom stereocenters. The molecule has 1 aromatic heterocycles. The van der Waals surface area contributed by atoms with Crippen LogP contribution in [0.25, 0.3) is 11.0 Å². The Morgan fingerprint density at radius 2 is 1.78 bits per heavy atom. The minimum atomic E-state index is 0.298. The van der Waals surface area contributed by atoms with Crippen LogP contribution < -0.4 is 9.47 Å². The molecule has 4 nitrogen and oxygen atoms in total. The average Bonchev–Trinajstić information content (AvgIpc) is 2.39. The summed E-state index contributed by atoms with van der Waals surface area (Å²) in [7, 11) is 2.99. The predicted octanol–water partition coefficient (Wildman–Crippen LogP) is 3.38. The zero-order valence-corrected chi connectivity index (χ0v) is 12.1. The van der Waals surface area contributed by atoms with Gasteiger partial charge in [-0.25, -0.2) is 9.97 Å². The number of halogens is 2. The zero-order chi connectivity index (χ0) is 13.3. The lowest BCUT2D eigenvalue weighted by Gasteiger charge is -2.11. The summed E-state index contributed by atoms with van der Waals surface area (Å²) in [4.78, 5) is 8.62. The van der Waals surface area contributed by atoms with Crippen molar-refractivity contribution in [3.8, 4) is 11.8 Å². The van der Waals surface area contributed by atoms with Crippen LogP contribution >= 0.6 is 35.8 Å². The molecule has 0 aliphatic rings. The first kappa shape index (κ1) is 13.5. The van der Waals surface area contributed by atoms with Gasteiger partial charge >= 0.3 is 0 Å². The van der Waals surface area contributed by atoms with E-state index in [9.17, 15) is 0 Å². The summed E-state index contributed by atoms with van der Waals surface area (Å²) in [6, 6.07) is 1.64. The molecular weight excluding hydrogens is 295 g/mol. The number of methoxy groups -OCH3 is 2. The number of fused-ring (bicyclic) bond motifs is 1. The van der Waals surface area contributed by atoms with E-state index >= 15 is 0 Å². The summed E-state index contributed by atoms with van der Waals surface area (Å²) in [5.74, 6) is 1.000. The second-order valence-corrected chi connectivity index (χ2v) is 4.52. The van der Waals surface area contributed by atoms with Gasteiger partial charge in [0.05, 0.1) is 35.3 Å². The average molecular weight is 305 g/mol. The minimum Gasteiger partial charge on any atom is -0.477 e. The molecule has 0 saturated carbocycles. The highest BCUT2D eigenvalue weighted by Gasteiger charge is 2.16. The summed E-state index contributed by atoms with van der Waals surface area (Å²) < 4.78 is 10.2. The molecule has 0 amide bonds. The Bertz CT molecular complexity index is 607. The Balaban J connectivity index is 2.84. The molecule has 1 heterocycles. The third-order valence-corrected chi connectivity index (χ3v) is 3.57. The highest BCUT2D eigenvalue weighted by atomic mass is 35.5. The molecule has 0 aliphatic carbocycles. The lowest BCUT2D eigenvalue weighted by molar-refractivity contribution is 0.334. The smallest absolute Gasteiger partial charge is 0.278 e. The van der Waals surface area contributed by atoms with Gasteiger partial charge in [0.1, 0.15) is 0 Å². The molecule has 0 atom stereocenters. The third-order valence-electron chi connectivity index (χ3n) is 2.43. The van der Waals surface area contributed by atoms with Gasteiger partial charge in [-0.3, -0.25) is 0 Å². The van der Waals surface area contributed by atoms with Gasteiger partial charge in [-0.05, 0) is 6.07 Å². The maximum Gasteiger partial charge on any atom is 0.278 e. The number of hydrogen-bond donors (Lipinski definition) is 1. The van der Waals surface area contributed by atoms with Gasteiger partial charge in [-0.1, -0.05) is 23.2 Å². The van der Waals surface area contributed by atoms with Crippen molar-refractivity contribution >= 4 is 46.9 Å². The van der Waals surface area contributed by atoms with Gasteiger partial charge in [-0.15, -0.1) is 0 Å². The van der Waals surface area contributed by atoms with Crippen molar-refractivity contribution in [2.45, 2.75) is 5.75 Å². The Labute approximate surface area is 120 Å². The maximum absolute atomic E-state index is 6.12. The monoisotopic (exact) mass is 304 g/mol. The zero-order valence-electron chi connectivity index (χ0n) is 9.70. The summed E-state index contributed by atoms with van der Waals surface area (Å²) in [6.07, 6.45) is 0. The van der Waals surface area contributed by atoms with E-state index in [0.29, 0.717) is 38.6 Å². The number of thiol groups is 1. The maximum atomic E-state index is 6.12. The summed E-state index contributed by atoms with van der Waals surface area (Å²) in [5, 5.41) is 0.843. The molecule has 0 radical (unpaired) electrons. The van der Waals surface area contributed by atoms with Crippen molar-refractivity contribution in [2.24, 2.45) is 0 Å². The number of benzene rings is 1. The van der Waals surface area contributed by atoms with Crippen molar-refractivity contribution in [1.29, 1.82) is 0 Å². The van der Waals surface area contributed by atoms with E-state index in [0.717, 1.165) is 5.56 Å². The number of rotatable bonds is 3. The second kappa shape index (κ2) is 5.38. The van der Waals surface area contributed by atoms with Crippen LogP contribution in [0.15, 0.2) is 6.07 Å². The fourth-order valence-corrected chi connectivity index (χ4v) is 2.41. The number of nitrogens with zero attached hydrogens (tertiary/aromatic N) is 2. The van der Waals surface area contributed by atoms with Gasteiger partial charge in [0.15, 0.2) is 0 Å². The second-order valence-electron chi connectivity index (χ2n) is 3.42. The van der Waals surface area contributed by atoms with Gasteiger partial charge < -0.3 is 9.47 Å². The molecule has 2 aromatic rings. The highest BCUT2D eigenvalue weighted by molar-refractivity contribution is 7.79.